The summed E-state index contributed by atoms with van der Waals surface area (Å²) in [7, 11) is -8.80. The van der Waals surface area contributed by atoms with E-state index in [2.05, 4.69) is 9.97 Å². The molecule has 7 N–H and O–H groups in total. The summed E-state index contributed by atoms with van der Waals surface area (Å²) >= 11 is 0. The molecule has 0 fully saturated rings. The van der Waals surface area contributed by atoms with Crippen LogP contribution in [0.2, 0.25) is 0 Å². The van der Waals surface area contributed by atoms with E-state index in [4.69, 9.17) is 24.5 Å². The van der Waals surface area contributed by atoms with Gasteiger partial charge in [0.05, 0.1) is 35.1 Å². The number of fused-ring (bicyclic) bond motifs is 8. The Morgan fingerprint density at radius 1 is 0.708 bits per heavy atom. The van der Waals surface area contributed by atoms with Crippen molar-refractivity contribution in [1.29, 1.82) is 0 Å². The molecule has 13 nitrogen and oxygen atoms in total. The molecule has 0 aliphatic carbocycles. The highest BCUT2D eigenvalue weighted by atomic mass is 31.2. The second kappa shape index (κ2) is 14.1. The average molecular weight is 693 g/mol. The molecule has 6 rings (SSSR count). The van der Waals surface area contributed by atoms with Crippen LogP contribution in [0.3, 0.4) is 0 Å². The van der Waals surface area contributed by atoms with E-state index in [0.717, 1.165) is 33.2 Å². The van der Waals surface area contributed by atoms with Gasteiger partial charge in [-0.3, -0.25) is 9.13 Å². The molecule has 2 aliphatic rings. The molecule has 0 saturated carbocycles. The molecule has 0 radical (unpaired) electrons. The number of hydrogen-bond donors (Lipinski definition) is 7. The maximum absolute atomic E-state index is 11.9. The van der Waals surface area contributed by atoms with Gasteiger partial charge in [-0.1, -0.05) is 12.1 Å². The van der Waals surface area contributed by atoms with Crippen molar-refractivity contribution in [2.75, 3.05) is 25.9 Å². The largest absolute Gasteiger partial charge is 0.467 e. The molecule has 3 aromatic heterocycles. The molecule has 0 amide bonds. The van der Waals surface area contributed by atoms with Crippen molar-refractivity contribution in [2.45, 2.75) is 18.8 Å². The Balaban J connectivity index is 1.53. The summed E-state index contributed by atoms with van der Waals surface area (Å²) in [6.07, 6.45) is 6.26. The lowest BCUT2D eigenvalue weighted by atomic mass is 9.91. The van der Waals surface area contributed by atoms with E-state index in [1.165, 1.54) is 0 Å². The minimum Gasteiger partial charge on any atom is -0.467 e. The quantitative estimate of drug-likeness (QED) is 0.0460. The highest BCUT2D eigenvalue weighted by Crippen LogP contribution is 2.44. The average Bonchev–Trinajstić information content (AvgIpc) is 3.85. The van der Waals surface area contributed by atoms with Crippen LogP contribution in [-0.4, -0.2) is 70.5 Å². The summed E-state index contributed by atoms with van der Waals surface area (Å²) < 4.78 is 34.1. The second-order valence-corrected chi connectivity index (χ2v) is 15.0. The maximum Gasteiger partial charge on any atom is 0.325 e. The molecule has 2 aliphatic heterocycles. The Morgan fingerprint density at radius 2 is 1.23 bits per heavy atom. The number of aliphatic hydroxyl groups excluding tert-OH is 1. The number of aliphatic hydroxyl groups is 1. The fourth-order valence-corrected chi connectivity index (χ4v) is 7.07. The third-order valence-corrected chi connectivity index (χ3v) is 9.61. The van der Waals surface area contributed by atoms with Crippen LogP contribution >= 0.6 is 15.2 Å². The normalized spacial score (nSPS) is 13.0. The third kappa shape index (κ3) is 8.46. The van der Waals surface area contributed by atoms with Gasteiger partial charge in [-0.15, -0.1) is 0 Å². The molecule has 48 heavy (non-hydrogen) atoms. The molecule has 0 unspecified atom stereocenters. The number of hydrogen-bond acceptors (Lipinski definition) is 7. The van der Waals surface area contributed by atoms with Gasteiger partial charge in [-0.2, -0.15) is 0 Å². The van der Waals surface area contributed by atoms with Crippen LogP contribution in [0.1, 0.15) is 47.1 Å². The first kappa shape index (κ1) is 33.7. The van der Waals surface area contributed by atoms with Gasteiger partial charge in [-0.25, -0.2) is 9.97 Å². The summed E-state index contributed by atoms with van der Waals surface area (Å²) in [5, 5.41) is 8.84. The van der Waals surface area contributed by atoms with E-state index < -0.39 is 40.2 Å². The Kier molecular flexibility index (Phi) is 9.93. The van der Waals surface area contributed by atoms with Gasteiger partial charge in [0.2, 0.25) is 0 Å². The molecule has 4 aromatic rings. The molecular formula is C33H34N4O9P2. The van der Waals surface area contributed by atoms with Gasteiger partial charge in [-0.05, 0) is 97.2 Å². The molecule has 8 bridgehead atoms. The Bertz CT molecular complexity index is 2010. The van der Waals surface area contributed by atoms with Crippen molar-refractivity contribution >= 4 is 61.6 Å². The van der Waals surface area contributed by atoms with Crippen molar-refractivity contribution in [2.24, 2.45) is 0 Å². The predicted molar refractivity (Wildman–Crippen MR) is 184 cm³/mol. The third-order valence-electron chi connectivity index (χ3n) is 7.93. The molecule has 5 heterocycles. The highest BCUT2D eigenvalue weighted by molar-refractivity contribution is 7.52. The minimum atomic E-state index is -4.40. The van der Waals surface area contributed by atoms with Crippen molar-refractivity contribution in [3.8, 4) is 16.9 Å². The monoisotopic (exact) mass is 692 g/mol. The number of ether oxygens (including phenoxy) is 2. The lowest BCUT2D eigenvalue weighted by Gasteiger charge is -2.20. The molecule has 0 saturated heterocycles. The van der Waals surface area contributed by atoms with Crippen LogP contribution < -0.4 is 4.74 Å². The molecule has 250 valence electrons. The van der Waals surface area contributed by atoms with Crippen LogP contribution in [0, 0.1) is 0 Å². The fourth-order valence-electron chi connectivity index (χ4n) is 5.77. The van der Waals surface area contributed by atoms with E-state index >= 15 is 0 Å². The zero-order chi connectivity index (χ0) is 33.9. The molecular weight excluding hydrogens is 658 g/mol. The van der Waals surface area contributed by atoms with Crippen molar-refractivity contribution in [3.63, 3.8) is 0 Å². The zero-order valence-electron chi connectivity index (χ0n) is 25.6. The van der Waals surface area contributed by atoms with E-state index in [9.17, 15) is 28.7 Å². The summed E-state index contributed by atoms with van der Waals surface area (Å²) in [6.45, 7) is -0.510. The van der Waals surface area contributed by atoms with Crippen molar-refractivity contribution in [3.05, 3.63) is 89.0 Å². The highest BCUT2D eigenvalue weighted by Gasteiger charge is 2.27. The first-order chi connectivity index (χ1) is 22.9. The first-order valence-corrected chi connectivity index (χ1v) is 18.6. The van der Waals surface area contributed by atoms with Gasteiger partial charge >= 0.3 is 15.2 Å². The minimum absolute atomic E-state index is 0.0143. The van der Waals surface area contributed by atoms with E-state index in [1.807, 2.05) is 72.8 Å². The van der Waals surface area contributed by atoms with Gasteiger partial charge in [0, 0.05) is 33.2 Å². The summed E-state index contributed by atoms with van der Waals surface area (Å²) in [4.78, 5) is 55.2. The summed E-state index contributed by atoms with van der Waals surface area (Å²) in [6, 6.07) is 19.0. The molecule has 0 spiro atoms. The van der Waals surface area contributed by atoms with Gasteiger partial charge < -0.3 is 44.1 Å². The Hall–Kier alpha value is -4.16. The number of H-pyrrole nitrogens is 2. The topological polar surface area (TPSA) is 211 Å². The van der Waals surface area contributed by atoms with E-state index in [1.54, 1.807) is 12.2 Å². The van der Waals surface area contributed by atoms with E-state index in [-0.39, 0.29) is 19.6 Å². The number of aromatic nitrogens is 4. The predicted octanol–water partition coefficient (Wildman–Crippen LogP) is 5.84. The van der Waals surface area contributed by atoms with Crippen LogP contribution in [0.25, 0.3) is 57.5 Å². The summed E-state index contributed by atoms with van der Waals surface area (Å²) in [5.74, 6) is -0.0555. The summed E-state index contributed by atoms with van der Waals surface area (Å²) in [5.41, 5.74) is 7.83. The second-order valence-electron chi connectivity index (χ2n) is 11.4. The van der Waals surface area contributed by atoms with Crippen LogP contribution in [0.15, 0.2) is 60.7 Å². The van der Waals surface area contributed by atoms with Crippen molar-refractivity contribution in [1.82, 2.24) is 19.9 Å². The number of aromatic amines is 2. The van der Waals surface area contributed by atoms with E-state index in [0.29, 0.717) is 34.1 Å². The first-order valence-electron chi connectivity index (χ1n) is 15.1. The number of nitrogens with one attached hydrogen (secondary N) is 2. The fraction of sp³-hybridized carbons (Fsp3) is 0.212. The standard InChI is InChI=1S/C33H34N4O9P2/c38-19-45-20-46-27-7-1-21(2-8-27)32-28-9-3-23(34-28)17-25-5-11-30(36-25)33(22(13-15-47(39,40)41)14-16-48(42,43)44)31-12-6-26(37-31)18-24-4-10-29(32)35-24/h1-12,17-18,22,34-35,38H,13-16,19-20H2,(H2,39,40,41)(H2,42,43,44). The van der Waals surface area contributed by atoms with Crippen LogP contribution in [0.5, 0.6) is 5.75 Å². The Labute approximate surface area is 275 Å². The van der Waals surface area contributed by atoms with Gasteiger partial charge in [0.1, 0.15) is 12.5 Å². The molecule has 1 aromatic carbocycles. The van der Waals surface area contributed by atoms with Crippen LogP contribution in [0.4, 0.5) is 0 Å². The Morgan fingerprint density at radius 3 is 1.71 bits per heavy atom. The number of nitrogens with zero attached hydrogens (tertiary/aromatic N) is 2. The smallest absolute Gasteiger partial charge is 0.325 e. The zero-order valence-corrected chi connectivity index (χ0v) is 27.3. The van der Waals surface area contributed by atoms with Crippen molar-refractivity contribution < 1.29 is 43.3 Å². The SMILES string of the molecule is O=P(O)(O)CCC(CCP(=O)(O)O)c1c2nc(cc3ccc([nH]3)c(-c3ccc(OCOCO)cc3)c3ccc(cc4nc1C=C4)[nH]3)C=C2. The maximum atomic E-state index is 11.9. The lowest BCUT2D eigenvalue weighted by molar-refractivity contribution is -0.0653. The molecule has 15 heteroatoms. The molecule has 0 atom stereocenters. The van der Waals surface area contributed by atoms with Crippen LogP contribution in [-0.2, 0) is 13.9 Å². The number of rotatable bonds is 12. The lowest BCUT2D eigenvalue weighted by Crippen LogP contribution is -2.09. The van der Waals surface area contributed by atoms with Gasteiger partial charge in [0.25, 0.3) is 0 Å². The number of benzene rings is 1. The van der Waals surface area contributed by atoms with Gasteiger partial charge in [0.15, 0.2) is 6.79 Å².